The SMILES string of the molecule is CCC(Oc1ccccc1Cl)C(=O)Nc1cccc(F)c1. The monoisotopic (exact) mass is 307 g/mol. The number of benzene rings is 2. The molecule has 110 valence electrons. The number of para-hydroxylation sites is 1. The molecule has 0 saturated carbocycles. The minimum atomic E-state index is -0.701. The highest BCUT2D eigenvalue weighted by molar-refractivity contribution is 6.32. The smallest absolute Gasteiger partial charge is 0.265 e. The Hall–Kier alpha value is -2.07. The van der Waals surface area contributed by atoms with Gasteiger partial charge in [-0.25, -0.2) is 4.39 Å². The lowest BCUT2D eigenvalue weighted by molar-refractivity contribution is -0.122. The van der Waals surface area contributed by atoms with Gasteiger partial charge in [0.1, 0.15) is 11.6 Å². The number of nitrogens with one attached hydrogen (secondary N) is 1. The predicted octanol–water partition coefficient (Wildman–Crippen LogP) is 4.28. The van der Waals surface area contributed by atoms with Gasteiger partial charge >= 0.3 is 0 Å². The standard InChI is InChI=1S/C16H15ClFNO2/c1-2-14(21-15-9-4-3-8-13(15)17)16(20)19-12-7-5-6-11(18)10-12/h3-10,14H,2H2,1H3,(H,19,20). The van der Waals surface area contributed by atoms with Crippen molar-refractivity contribution in [1.82, 2.24) is 0 Å². The maximum Gasteiger partial charge on any atom is 0.265 e. The first-order valence-corrected chi connectivity index (χ1v) is 6.95. The molecule has 0 bridgehead atoms. The van der Waals surface area contributed by atoms with Gasteiger partial charge in [0, 0.05) is 5.69 Å². The van der Waals surface area contributed by atoms with E-state index in [1.54, 1.807) is 30.3 Å². The van der Waals surface area contributed by atoms with Gasteiger partial charge in [-0.05, 0) is 36.8 Å². The number of rotatable bonds is 5. The van der Waals surface area contributed by atoms with Crippen molar-refractivity contribution >= 4 is 23.2 Å². The fraction of sp³-hybridized carbons (Fsp3) is 0.188. The molecule has 0 aromatic heterocycles. The molecule has 0 spiro atoms. The molecule has 2 rings (SSSR count). The van der Waals surface area contributed by atoms with Crippen molar-refractivity contribution in [2.75, 3.05) is 5.32 Å². The van der Waals surface area contributed by atoms with Crippen LogP contribution in [0.5, 0.6) is 5.75 Å². The maximum atomic E-state index is 13.1. The highest BCUT2D eigenvalue weighted by Crippen LogP contribution is 2.25. The molecule has 1 amide bonds. The van der Waals surface area contributed by atoms with E-state index in [0.717, 1.165) is 0 Å². The topological polar surface area (TPSA) is 38.3 Å². The van der Waals surface area contributed by atoms with E-state index in [0.29, 0.717) is 22.9 Å². The van der Waals surface area contributed by atoms with Crippen LogP contribution in [0.1, 0.15) is 13.3 Å². The van der Waals surface area contributed by atoms with Crippen molar-refractivity contribution < 1.29 is 13.9 Å². The molecule has 2 aromatic rings. The zero-order chi connectivity index (χ0) is 15.2. The van der Waals surface area contributed by atoms with Gasteiger partial charge in [-0.1, -0.05) is 36.7 Å². The van der Waals surface area contributed by atoms with Crippen LogP contribution in [0.2, 0.25) is 5.02 Å². The summed E-state index contributed by atoms with van der Waals surface area (Å²) in [6, 6.07) is 12.6. The van der Waals surface area contributed by atoms with Crippen LogP contribution >= 0.6 is 11.6 Å². The van der Waals surface area contributed by atoms with Crippen LogP contribution in [-0.2, 0) is 4.79 Å². The Bertz CT molecular complexity index is 633. The van der Waals surface area contributed by atoms with Gasteiger partial charge in [0.05, 0.1) is 5.02 Å². The van der Waals surface area contributed by atoms with Crippen LogP contribution in [0.3, 0.4) is 0 Å². The molecule has 0 heterocycles. The van der Waals surface area contributed by atoms with Crippen molar-refractivity contribution in [3.63, 3.8) is 0 Å². The molecule has 3 nitrogen and oxygen atoms in total. The Labute approximate surface area is 127 Å². The number of hydrogen-bond acceptors (Lipinski definition) is 2. The van der Waals surface area contributed by atoms with E-state index in [4.69, 9.17) is 16.3 Å². The van der Waals surface area contributed by atoms with Gasteiger partial charge in [0.15, 0.2) is 6.10 Å². The highest BCUT2D eigenvalue weighted by Gasteiger charge is 2.19. The van der Waals surface area contributed by atoms with Gasteiger partial charge in [0.2, 0.25) is 0 Å². The molecule has 0 saturated heterocycles. The lowest BCUT2D eigenvalue weighted by Gasteiger charge is -2.18. The number of ether oxygens (including phenoxy) is 1. The summed E-state index contributed by atoms with van der Waals surface area (Å²) in [5, 5.41) is 3.07. The molecule has 1 unspecified atom stereocenters. The molecular weight excluding hydrogens is 293 g/mol. The van der Waals surface area contributed by atoms with Gasteiger partial charge < -0.3 is 10.1 Å². The van der Waals surface area contributed by atoms with Gasteiger partial charge in [-0.15, -0.1) is 0 Å². The molecule has 0 aliphatic heterocycles. The first-order valence-electron chi connectivity index (χ1n) is 6.57. The van der Waals surface area contributed by atoms with E-state index in [1.165, 1.54) is 18.2 Å². The van der Waals surface area contributed by atoms with Crippen molar-refractivity contribution in [3.8, 4) is 5.75 Å². The average Bonchev–Trinajstić information content (AvgIpc) is 2.46. The van der Waals surface area contributed by atoms with Gasteiger partial charge in [0.25, 0.3) is 5.91 Å². The van der Waals surface area contributed by atoms with Crippen LogP contribution in [-0.4, -0.2) is 12.0 Å². The second kappa shape index (κ2) is 7.09. The van der Waals surface area contributed by atoms with Crippen molar-refractivity contribution in [3.05, 3.63) is 59.4 Å². The number of halogens is 2. The largest absolute Gasteiger partial charge is 0.479 e. The third-order valence-corrected chi connectivity index (χ3v) is 3.17. The minimum absolute atomic E-state index is 0.344. The normalized spacial score (nSPS) is 11.8. The number of anilines is 1. The van der Waals surface area contributed by atoms with E-state index in [2.05, 4.69) is 5.32 Å². The van der Waals surface area contributed by atoms with Crippen molar-refractivity contribution in [1.29, 1.82) is 0 Å². The van der Waals surface area contributed by atoms with E-state index >= 15 is 0 Å². The Morgan fingerprint density at radius 2 is 2.05 bits per heavy atom. The van der Waals surface area contributed by atoms with Crippen LogP contribution in [0.25, 0.3) is 0 Å². The number of carbonyl (C=O) groups excluding carboxylic acids is 1. The molecule has 0 aliphatic carbocycles. The fourth-order valence-corrected chi connectivity index (χ4v) is 1.99. The molecule has 5 heteroatoms. The zero-order valence-electron chi connectivity index (χ0n) is 11.5. The number of carbonyl (C=O) groups is 1. The van der Waals surface area contributed by atoms with Crippen molar-refractivity contribution in [2.45, 2.75) is 19.4 Å². The van der Waals surface area contributed by atoms with Crippen LogP contribution in [0.15, 0.2) is 48.5 Å². The van der Waals surface area contributed by atoms with E-state index in [1.807, 2.05) is 6.92 Å². The van der Waals surface area contributed by atoms with Crippen LogP contribution < -0.4 is 10.1 Å². The second-order valence-corrected chi connectivity index (χ2v) is 4.85. The maximum absolute atomic E-state index is 13.1. The molecule has 1 N–H and O–H groups in total. The molecular formula is C16H15ClFNO2. The third kappa shape index (κ3) is 4.20. The molecule has 1 atom stereocenters. The Kier molecular flexibility index (Phi) is 5.17. The van der Waals surface area contributed by atoms with Crippen LogP contribution in [0.4, 0.5) is 10.1 Å². The van der Waals surface area contributed by atoms with E-state index in [-0.39, 0.29) is 5.91 Å². The lowest BCUT2D eigenvalue weighted by Crippen LogP contribution is -2.32. The molecule has 21 heavy (non-hydrogen) atoms. The summed E-state index contributed by atoms with van der Waals surface area (Å²) in [5.74, 6) is -0.309. The summed E-state index contributed by atoms with van der Waals surface area (Å²) < 4.78 is 18.7. The Balaban J connectivity index is 2.07. The molecule has 2 aromatic carbocycles. The Morgan fingerprint density at radius 1 is 1.29 bits per heavy atom. The average molecular weight is 308 g/mol. The zero-order valence-corrected chi connectivity index (χ0v) is 12.2. The molecule has 0 aliphatic rings. The first-order chi connectivity index (χ1) is 10.1. The number of hydrogen-bond donors (Lipinski definition) is 1. The summed E-state index contributed by atoms with van der Waals surface area (Å²) in [7, 11) is 0. The summed E-state index contributed by atoms with van der Waals surface area (Å²) in [4.78, 5) is 12.2. The molecule has 0 radical (unpaired) electrons. The quantitative estimate of drug-likeness (QED) is 0.895. The fourth-order valence-electron chi connectivity index (χ4n) is 1.80. The van der Waals surface area contributed by atoms with Gasteiger partial charge in [-0.2, -0.15) is 0 Å². The predicted molar refractivity (Wildman–Crippen MR) is 81.2 cm³/mol. The summed E-state index contributed by atoms with van der Waals surface area (Å²) >= 11 is 6.00. The third-order valence-electron chi connectivity index (χ3n) is 2.86. The van der Waals surface area contributed by atoms with Crippen LogP contribution in [0, 0.1) is 5.82 Å². The summed E-state index contributed by atoms with van der Waals surface area (Å²) in [6.45, 7) is 1.83. The first kappa shape index (κ1) is 15.3. The number of amides is 1. The van der Waals surface area contributed by atoms with E-state index in [9.17, 15) is 9.18 Å². The summed E-state index contributed by atoms with van der Waals surface area (Å²) in [6.07, 6.45) is -0.236. The lowest BCUT2D eigenvalue weighted by atomic mass is 10.2. The van der Waals surface area contributed by atoms with Gasteiger partial charge in [-0.3, -0.25) is 4.79 Å². The highest BCUT2D eigenvalue weighted by atomic mass is 35.5. The minimum Gasteiger partial charge on any atom is -0.479 e. The van der Waals surface area contributed by atoms with E-state index < -0.39 is 11.9 Å². The molecule has 0 fully saturated rings. The van der Waals surface area contributed by atoms with Crippen molar-refractivity contribution in [2.24, 2.45) is 0 Å². The Morgan fingerprint density at radius 3 is 2.71 bits per heavy atom. The summed E-state index contributed by atoms with van der Waals surface area (Å²) in [5.41, 5.74) is 0.390. The second-order valence-electron chi connectivity index (χ2n) is 4.44.